The van der Waals surface area contributed by atoms with Crippen molar-refractivity contribution >= 4 is 11.6 Å². The number of nitrogens with one attached hydrogen (secondary N) is 1. The predicted octanol–water partition coefficient (Wildman–Crippen LogP) is 2.02. The summed E-state index contributed by atoms with van der Waals surface area (Å²) in [5, 5.41) is 2.90. The van der Waals surface area contributed by atoms with E-state index < -0.39 is 0 Å². The first-order valence-corrected chi connectivity index (χ1v) is 6.33. The van der Waals surface area contributed by atoms with Gasteiger partial charge in [0.05, 0.1) is 17.8 Å². The number of carbonyl (C=O) groups excluding carboxylic acids is 1. The molecule has 2 rings (SSSR count). The largest absolute Gasteiger partial charge is 0.356 e. The summed E-state index contributed by atoms with van der Waals surface area (Å²) < 4.78 is 2.01. The zero-order valence-corrected chi connectivity index (χ0v) is 11.2. The van der Waals surface area contributed by atoms with E-state index in [-0.39, 0.29) is 5.91 Å². The third kappa shape index (κ3) is 2.37. The lowest BCUT2D eigenvalue weighted by Crippen LogP contribution is -2.26. The van der Waals surface area contributed by atoms with E-state index in [0.29, 0.717) is 6.42 Å². The van der Waals surface area contributed by atoms with Crippen LogP contribution in [0.3, 0.4) is 0 Å². The van der Waals surface area contributed by atoms with Gasteiger partial charge in [-0.05, 0) is 31.9 Å². The number of aromatic nitrogens is 2. The zero-order valence-electron chi connectivity index (χ0n) is 11.2. The van der Waals surface area contributed by atoms with Gasteiger partial charge in [-0.25, -0.2) is 4.98 Å². The van der Waals surface area contributed by atoms with Crippen molar-refractivity contribution in [3.8, 4) is 0 Å². The molecule has 0 aliphatic carbocycles. The molecule has 0 aromatic carbocycles. The van der Waals surface area contributed by atoms with Gasteiger partial charge in [-0.2, -0.15) is 0 Å². The summed E-state index contributed by atoms with van der Waals surface area (Å²) in [6.45, 7) is 6.76. The lowest BCUT2D eigenvalue weighted by atomic mass is 10.2. The van der Waals surface area contributed by atoms with Crippen LogP contribution in [0.2, 0.25) is 0 Å². The number of nitrogens with zero attached hydrogens (tertiary/aromatic N) is 2. The molecule has 0 unspecified atom stereocenters. The van der Waals surface area contributed by atoms with Crippen LogP contribution >= 0.6 is 0 Å². The van der Waals surface area contributed by atoms with Gasteiger partial charge < -0.3 is 9.72 Å². The van der Waals surface area contributed by atoms with E-state index in [9.17, 15) is 4.79 Å². The first-order valence-electron chi connectivity index (χ1n) is 6.33. The molecule has 1 N–H and O–H groups in total. The third-order valence-electron chi connectivity index (χ3n) is 3.04. The van der Waals surface area contributed by atoms with E-state index in [1.165, 1.54) is 0 Å². The van der Waals surface area contributed by atoms with E-state index in [1.807, 2.05) is 43.5 Å². The maximum atomic E-state index is 11.8. The Morgan fingerprint density at radius 2 is 2.22 bits per heavy atom. The van der Waals surface area contributed by atoms with Crippen LogP contribution in [0, 0.1) is 13.8 Å². The average molecular weight is 245 g/mol. The number of aryl methyl sites for hydroxylation is 2. The molecule has 4 nitrogen and oxygen atoms in total. The second kappa shape index (κ2) is 5.21. The molecule has 0 spiro atoms. The van der Waals surface area contributed by atoms with Crippen LogP contribution < -0.4 is 5.32 Å². The molecule has 0 radical (unpaired) electrons. The summed E-state index contributed by atoms with van der Waals surface area (Å²) in [6.07, 6.45) is 3.30. The lowest BCUT2D eigenvalue weighted by molar-refractivity contribution is -0.120. The maximum Gasteiger partial charge on any atom is 0.226 e. The molecule has 0 fully saturated rings. The fraction of sp³-hybridized carbons (Fsp3) is 0.429. The first kappa shape index (κ1) is 12.6. The summed E-state index contributed by atoms with van der Waals surface area (Å²) in [5.41, 5.74) is 3.97. The molecule has 2 aromatic heterocycles. The molecular formula is C14H19N3O. The average Bonchev–Trinajstić information content (AvgIpc) is 2.66. The van der Waals surface area contributed by atoms with Gasteiger partial charge in [0.25, 0.3) is 0 Å². The highest BCUT2D eigenvalue weighted by Crippen LogP contribution is 2.15. The zero-order chi connectivity index (χ0) is 13.1. The molecule has 0 saturated heterocycles. The monoisotopic (exact) mass is 245 g/mol. The Balaban J connectivity index is 2.30. The van der Waals surface area contributed by atoms with E-state index in [4.69, 9.17) is 0 Å². The Labute approximate surface area is 107 Å². The third-order valence-corrected chi connectivity index (χ3v) is 3.04. The minimum absolute atomic E-state index is 0.0586. The summed E-state index contributed by atoms with van der Waals surface area (Å²) in [7, 11) is 0. The normalized spacial score (nSPS) is 10.8. The Kier molecular flexibility index (Phi) is 3.65. The Morgan fingerprint density at radius 1 is 1.44 bits per heavy atom. The standard InChI is InChI=1S/C14H19N3O/c1-4-7-15-13(18)9-12-11(3)16-14-10(2)6-5-8-17(12)14/h5-6,8H,4,7,9H2,1-3H3,(H,15,18). The topological polar surface area (TPSA) is 46.4 Å². The van der Waals surface area contributed by atoms with E-state index in [2.05, 4.69) is 10.3 Å². The first-order chi connectivity index (χ1) is 8.63. The number of rotatable bonds is 4. The fourth-order valence-corrected chi connectivity index (χ4v) is 2.06. The van der Waals surface area contributed by atoms with Gasteiger partial charge in [-0.3, -0.25) is 4.79 Å². The molecule has 0 atom stereocenters. The smallest absolute Gasteiger partial charge is 0.226 e. The van der Waals surface area contributed by atoms with Crippen LogP contribution in [0.15, 0.2) is 18.3 Å². The van der Waals surface area contributed by atoms with Crippen LogP contribution in [0.5, 0.6) is 0 Å². The summed E-state index contributed by atoms with van der Waals surface area (Å²) in [5.74, 6) is 0.0586. The maximum absolute atomic E-state index is 11.8. The minimum Gasteiger partial charge on any atom is -0.356 e. The highest BCUT2D eigenvalue weighted by Gasteiger charge is 2.13. The number of hydrogen-bond acceptors (Lipinski definition) is 2. The number of amides is 1. The van der Waals surface area contributed by atoms with Gasteiger partial charge in [0.2, 0.25) is 5.91 Å². The number of carbonyl (C=O) groups is 1. The second-order valence-electron chi connectivity index (χ2n) is 4.56. The number of pyridine rings is 1. The molecule has 4 heteroatoms. The molecule has 1 amide bonds. The van der Waals surface area contributed by atoms with Crippen molar-refractivity contribution in [3.63, 3.8) is 0 Å². The SMILES string of the molecule is CCCNC(=O)Cc1c(C)nc2c(C)cccn12. The fourth-order valence-electron chi connectivity index (χ4n) is 2.06. The molecule has 2 aromatic rings. The van der Waals surface area contributed by atoms with Crippen molar-refractivity contribution in [2.45, 2.75) is 33.6 Å². The number of fused-ring (bicyclic) bond motifs is 1. The van der Waals surface area contributed by atoms with Gasteiger partial charge in [0.15, 0.2) is 0 Å². The van der Waals surface area contributed by atoms with E-state index >= 15 is 0 Å². The van der Waals surface area contributed by atoms with E-state index in [0.717, 1.165) is 35.6 Å². The van der Waals surface area contributed by atoms with Gasteiger partial charge in [0, 0.05) is 12.7 Å². The van der Waals surface area contributed by atoms with E-state index in [1.54, 1.807) is 0 Å². The molecular weight excluding hydrogens is 226 g/mol. The molecule has 96 valence electrons. The quantitative estimate of drug-likeness (QED) is 0.895. The van der Waals surface area contributed by atoms with Crippen LogP contribution in [0.4, 0.5) is 0 Å². The van der Waals surface area contributed by atoms with Crippen LogP contribution in [0.25, 0.3) is 5.65 Å². The Bertz CT molecular complexity index is 572. The molecule has 0 aliphatic heterocycles. The molecule has 0 bridgehead atoms. The molecule has 0 aliphatic rings. The highest BCUT2D eigenvalue weighted by atomic mass is 16.1. The van der Waals surface area contributed by atoms with Crippen LogP contribution in [0.1, 0.15) is 30.3 Å². The van der Waals surface area contributed by atoms with Crippen molar-refractivity contribution in [2.24, 2.45) is 0 Å². The second-order valence-corrected chi connectivity index (χ2v) is 4.56. The summed E-state index contributed by atoms with van der Waals surface area (Å²) in [4.78, 5) is 16.3. The van der Waals surface area contributed by atoms with Crippen molar-refractivity contribution in [1.29, 1.82) is 0 Å². The van der Waals surface area contributed by atoms with Crippen LogP contribution in [-0.4, -0.2) is 21.8 Å². The van der Waals surface area contributed by atoms with Gasteiger partial charge in [-0.15, -0.1) is 0 Å². The van der Waals surface area contributed by atoms with Crippen LogP contribution in [-0.2, 0) is 11.2 Å². The Morgan fingerprint density at radius 3 is 2.94 bits per heavy atom. The van der Waals surface area contributed by atoms with Crippen molar-refractivity contribution < 1.29 is 4.79 Å². The molecule has 0 saturated carbocycles. The molecule has 18 heavy (non-hydrogen) atoms. The van der Waals surface area contributed by atoms with Crippen molar-refractivity contribution in [1.82, 2.24) is 14.7 Å². The van der Waals surface area contributed by atoms with Gasteiger partial charge >= 0.3 is 0 Å². The minimum atomic E-state index is 0.0586. The van der Waals surface area contributed by atoms with Crippen molar-refractivity contribution in [2.75, 3.05) is 6.54 Å². The lowest BCUT2D eigenvalue weighted by Gasteiger charge is -2.05. The van der Waals surface area contributed by atoms with Gasteiger partial charge in [-0.1, -0.05) is 13.0 Å². The molecule has 2 heterocycles. The number of hydrogen-bond donors (Lipinski definition) is 1. The highest BCUT2D eigenvalue weighted by molar-refractivity contribution is 5.78. The Hall–Kier alpha value is -1.84. The summed E-state index contributed by atoms with van der Waals surface area (Å²) >= 11 is 0. The predicted molar refractivity (Wildman–Crippen MR) is 71.7 cm³/mol. The van der Waals surface area contributed by atoms with Crippen molar-refractivity contribution in [3.05, 3.63) is 35.3 Å². The van der Waals surface area contributed by atoms with Gasteiger partial charge in [0.1, 0.15) is 5.65 Å². The summed E-state index contributed by atoms with van der Waals surface area (Å²) in [6, 6.07) is 4.01. The number of imidazole rings is 1.